The fourth-order valence-electron chi connectivity index (χ4n) is 4.12. The number of nitrogens with zero attached hydrogens (tertiary/aromatic N) is 4. The first-order valence-electron chi connectivity index (χ1n) is 9.80. The van der Waals surface area contributed by atoms with Crippen LogP contribution in [0.4, 0.5) is 0 Å². The molecule has 0 amide bonds. The van der Waals surface area contributed by atoms with Crippen LogP contribution in [0.25, 0.3) is 0 Å². The number of rotatable bonds is 6. The van der Waals surface area contributed by atoms with Crippen molar-refractivity contribution in [3.63, 3.8) is 0 Å². The van der Waals surface area contributed by atoms with E-state index in [-0.39, 0.29) is 10.8 Å². The summed E-state index contributed by atoms with van der Waals surface area (Å²) in [5, 5.41) is 3.82. The molecule has 0 spiro atoms. The van der Waals surface area contributed by atoms with Crippen LogP contribution in [-0.4, -0.2) is 40.5 Å². The van der Waals surface area contributed by atoms with E-state index in [4.69, 9.17) is 4.52 Å². The van der Waals surface area contributed by atoms with Gasteiger partial charge in [0.15, 0.2) is 5.76 Å². The number of aryl methyl sites for hydroxylation is 3. The summed E-state index contributed by atoms with van der Waals surface area (Å²) < 4.78 is 35.3. The number of imidazole rings is 1. The van der Waals surface area contributed by atoms with Gasteiger partial charge in [-0.25, -0.2) is 13.4 Å². The van der Waals surface area contributed by atoms with Crippen LogP contribution >= 0.6 is 0 Å². The molecule has 27 heavy (non-hydrogen) atoms. The van der Waals surface area contributed by atoms with Crippen LogP contribution in [0.15, 0.2) is 15.6 Å². The van der Waals surface area contributed by atoms with Crippen LogP contribution < -0.4 is 0 Å². The van der Waals surface area contributed by atoms with E-state index in [0.29, 0.717) is 24.5 Å². The lowest BCUT2D eigenvalue weighted by Gasteiger charge is -2.31. The van der Waals surface area contributed by atoms with Gasteiger partial charge in [-0.15, -0.1) is 0 Å². The maximum Gasteiger partial charge on any atom is 0.248 e. The zero-order chi connectivity index (χ0) is 19.2. The quantitative estimate of drug-likeness (QED) is 0.755. The van der Waals surface area contributed by atoms with Crippen LogP contribution in [0, 0.1) is 32.6 Å². The van der Waals surface area contributed by atoms with Crippen molar-refractivity contribution in [3.8, 4) is 0 Å². The first-order chi connectivity index (χ1) is 12.9. The van der Waals surface area contributed by atoms with Crippen molar-refractivity contribution in [3.05, 3.63) is 29.2 Å². The minimum absolute atomic E-state index is 0.231. The minimum Gasteiger partial charge on any atom is -0.360 e. The lowest BCUT2D eigenvalue weighted by molar-refractivity contribution is 0.260. The fourth-order valence-corrected chi connectivity index (χ4v) is 5.97. The van der Waals surface area contributed by atoms with Crippen LogP contribution in [0.5, 0.6) is 0 Å². The molecule has 4 rings (SSSR count). The fraction of sp³-hybridized carbons (Fsp3) is 0.684. The van der Waals surface area contributed by atoms with Crippen LogP contribution in [0.2, 0.25) is 0 Å². The summed E-state index contributed by atoms with van der Waals surface area (Å²) >= 11 is 0. The maximum absolute atomic E-state index is 13.1. The number of hydrogen-bond donors (Lipinski definition) is 0. The Labute approximate surface area is 160 Å². The lowest BCUT2D eigenvalue weighted by atomic mass is 9.96. The molecule has 1 aliphatic heterocycles. The predicted molar refractivity (Wildman–Crippen MR) is 101 cm³/mol. The summed E-state index contributed by atoms with van der Waals surface area (Å²) in [5.41, 5.74) is 1.64. The normalized spacial score (nSPS) is 21.7. The molecule has 0 bridgehead atoms. The second kappa shape index (κ2) is 7.05. The molecular formula is C19H28N4O3S. The van der Waals surface area contributed by atoms with E-state index < -0.39 is 10.0 Å². The molecule has 1 saturated carbocycles. The zero-order valence-electron chi connectivity index (χ0n) is 16.3. The van der Waals surface area contributed by atoms with Crippen molar-refractivity contribution in [2.24, 2.45) is 11.8 Å². The highest BCUT2D eigenvalue weighted by molar-refractivity contribution is 7.89. The molecular weight excluding hydrogens is 364 g/mol. The molecule has 0 aromatic carbocycles. The third-order valence-electron chi connectivity index (χ3n) is 5.79. The van der Waals surface area contributed by atoms with Gasteiger partial charge in [0, 0.05) is 37.9 Å². The van der Waals surface area contributed by atoms with Crippen LogP contribution in [-0.2, 0) is 23.0 Å². The molecule has 0 radical (unpaired) electrons. The standard InChI is InChI=1S/C19H28N4O3S/c1-13-10-20-18(23(13)12-16-6-7-16)9-17-5-4-8-22(11-17)27(24,25)19-14(2)21-26-15(19)3/h10,16-17H,4-9,11-12H2,1-3H3. The number of piperidine rings is 1. The molecule has 1 atom stereocenters. The lowest BCUT2D eigenvalue weighted by Crippen LogP contribution is -2.41. The topological polar surface area (TPSA) is 81.2 Å². The molecule has 148 valence electrons. The Balaban J connectivity index is 1.50. The summed E-state index contributed by atoms with van der Waals surface area (Å²) in [7, 11) is -3.57. The first-order valence-corrected chi connectivity index (χ1v) is 11.2. The van der Waals surface area contributed by atoms with Gasteiger partial charge in [0.05, 0.1) is 0 Å². The second-order valence-corrected chi connectivity index (χ2v) is 9.97. The second-order valence-electron chi connectivity index (χ2n) is 8.10. The van der Waals surface area contributed by atoms with Crippen molar-refractivity contribution in [2.45, 2.75) is 64.3 Å². The number of hydrogen-bond acceptors (Lipinski definition) is 5. The zero-order valence-corrected chi connectivity index (χ0v) is 17.1. The Bertz CT molecular complexity index is 907. The van der Waals surface area contributed by atoms with Crippen molar-refractivity contribution in [1.29, 1.82) is 0 Å². The van der Waals surface area contributed by atoms with E-state index in [1.54, 1.807) is 18.2 Å². The first kappa shape index (κ1) is 18.7. The van der Waals surface area contributed by atoms with E-state index in [1.165, 1.54) is 18.5 Å². The van der Waals surface area contributed by atoms with Gasteiger partial charge in [0.1, 0.15) is 16.4 Å². The van der Waals surface area contributed by atoms with E-state index >= 15 is 0 Å². The highest BCUT2D eigenvalue weighted by atomic mass is 32.2. The van der Waals surface area contributed by atoms with Crippen molar-refractivity contribution < 1.29 is 12.9 Å². The molecule has 2 fully saturated rings. The summed E-state index contributed by atoms with van der Waals surface area (Å²) in [6.45, 7) is 7.58. The van der Waals surface area contributed by atoms with Gasteiger partial charge in [-0.1, -0.05) is 5.16 Å². The molecule has 7 nitrogen and oxygen atoms in total. The molecule has 2 aliphatic rings. The largest absolute Gasteiger partial charge is 0.360 e. The third kappa shape index (κ3) is 3.69. The molecule has 2 aromatic rings. The van der Waals surface area contributed by atoms with E-state index in [2.05, 4.69) is 21.6 Å². The number of aromatic nitrogens is 3. The molecule has 3 heterocycles. The van der Waals surface area contributed by atoms with Gasteiger partial charge < -0.3 is 9.09 Å². The number of sulfonamides is 1. The Hall–Kier alpha value is -1.67. The van der Waals surface area contributed by atoms with Gasteiger partial charge in [0.2, 0.25) is 10.0 Å². The molecule has 1 aliphatic carbocycles. The molecule has 8 heteroatoms. The van der Waals surface area contributed by atoms with Crippen molar-refractivity contribution in [2.75, 3.05) is 13.1 Å². The Morgan fingerprint density at radius 2 is 1.96 bits per heavy atom. The summed E-state index contributed by atoms with van der Waals surface area (Å²) in [4.78, 5) is 4.86. The monoisotopic (exact) mass is 392 g/mol. The molecule has 2 aromatic heterocycles. The average molecular weight is 393 g/mol. The van der Waals surface area contributed by atoms with Crippen LogP contribution in [0.1, 0.15) is 48.7 Å². The van der Waals surface area contributed by atoms with E-state index in [1.807, 2.05) is 6.20 Å². The average Bonchev–Trinajstić information content (AvgIpc) is 3.30. The molecule has 1 saturated heterocycles. The third-order valence-corrected chi connectivity index (χ3v) is 7.90. The van der Waals surface area contributed by atoms with E-state index in [9.17, 15) is 8.42 Å². The molecule has 0 N–H and O–H groups in total. The van der Waals surface area contributed by atoms with E-state index in [0.717, 1.165) is 37.5 Å². The molecule has 1 unspecified atom stereocenters. The van der Waals surface area contributed by atoms with Crippen molar-refractivity contribution >= 4 is 10.0 Å². The SMILES string of the molecule is Cc1noc(C)c1S(=O)(=O)N1CCCC(Cc2ncc(C)n2CC2CC2)C1. The van der Waals surface area contributed by atoms with Gasteiger partial charge in [-0.3, -0.25) is 0 Å². The van der Waals surface area contributed by atoms with Crippen molar-refractivity contribution in [1.82, 2.24) is 19.0 Å². The highest BCUT2D eigenvalue weighted by Gasteiger charge is 2.35. The summed E-state index contributed by atoms with van der Waals surface area (Å²) in [6.07, 6.45) is 7.29. The van der Waals surface area contributed by atoms with Gasteiger partial charge in [-0.2, -0.15) is 4.31 Å². The maximum atomic E-state index is 13.1. The minimum atomic E-state index is -3.57. The summed E-state index contributed by atoms with van der Waals surface area (Å²) in [5.74, 6) is 2.54. The predicted octanol–water partition coefficient (Wildman–Crippen LogP) is 2.85. The van der Waals surface area contributed by atoms with Gasteiger partial charge in [-0.05, 0) is 58.3 Å². The van der Waals surface area contributed by atoms with Gasteiger partial charge >= 0.3 is 0 Å². The van der Waals surface area contributed by atoms with Gasteiger partial charge in [0.25, 0.3) is 0 Å². The highest BCUT2D eigenvalue weighted by Crippen LogP contribution is 2.33. The Kier molecular flexibility index (Phi) is 4.88. The smallest absolute Gasteiger partial charge is 0.248 e. The summed E-state index contributed by atoms with van der Waals surface area (Å²) in [6, 6.07) is 0. The Morgan fingerprint density at radius 3 is 2.63 bits per heavy atom. The Morgan fingerprint density at radius 1 is 1.19 bits per heavy atom. The van der Waals surface area contributed by atoms with Crippen LogP contribution in [0.3, 0.4) is 0 Å².